The smallest absolute Gasteiger partial charge is 0.0469 e. The first kappa shape index (κ1) is 14.8. The van der Waals surface area contributed by atoms with Crippen LogP contribution in [0.25, 0.3) is 0 Å². The molecule has 0 saturated carbocycles. The normalized spacial score (nSPS) is 18.5. The molecule has 1 aromatic rings. The topological polar surface area (TPSA) is 35.2 Å². The Hall–Kier alpha value is -0.280. The molecule has 1 fully saturated rings. The molecule has 4 heteroatoms. The Morgan fingerprint density at radius 2 is 2.00 bits per heavy atom. The van der Waals surface area contributed by atoms with Gasteiger partial charge in [-0.1, -0.05) is 17.7 Å². The number of aryl methyl sites for hydroxylation is 1. The van der Waals surface area contributed by atoms with Gasteiger partial charge < -0.3 is 10.5 Å². The van der Waals surface area contributed by atoms with Gasteiger partial charge in [0.25, 0.3) is 0 Å². The average molecular weight is 276 g/mol. The van der Waals surface area contributed by atoms with Gasteiger partial charge in [0, 0.05) is 24.3 Å². The van der Waals surface area contributed by atoms with Crippen LogP contribution in [-0.4, -0.2) is 13.2 Å². The highest BCUT2D eigenvalue weighted by molar-refractivity contribution is 6.30. The minimum atomic E-state index is 0. The molecule has 2 rings (SSSR count). The first-order valence-corrected chi connectivity index (χ1v) is 6.15. The molecule has 1 aromatic carbocycles. The van der Waals surface area contributed by atoms with Crippen molar-refractivity contribution in [2.24, 2.45) is 11.7 Å². The molecule has 0 aromatic heterocycles. The summed E-state index contributed by atoms with van der Waals surface area (Å²) >= 11 is 5.95. The summed E-state index contributed by atoms with van der Waals surface area (Å²) in [5.74, 6) is 0.536. The average Bonchev–Trinajstić information content (AvgIpc) is 2.29. The van der Waals surface area contributed by atoms with E-state index in [0.29, 0.717) is 5.92 Å². The third-order valence-electron chi connectivity index (χ3n) is 3.36. The highest BCUT2D eigenvalue weighted by Crippen LogP contribution is 2.30. The van der Waals surface area contributed by atoms with Gasteiger partial charge >= 0.3 is 0 Å². The summed E-state index contributed by atoms with van der Waals surface area (Å²) in [5.41, 5.74) is 8.73. The summed E-state index contributed by atoms with van der Waals surface area (Å²) in [6.07, 6.45) is 2.12. The maximum absolute atomic E-state index is 6.32. The SMILES string of the molecule is Cc1cc(Cl)ccc1[C@@H](N)C1CCOCC1.Cl. The molecule has 0 radical (unpaired) electrons. The molecule has 17 heavy (non-hydrogen) atoms. The van der Waals surface area contributed by atoms with Crippen LogP contribution in [0.15, 0.2) is 18.2 Å². The summed E-state index contributed by atoms with van der Waals surface area (Å²) in [5, 5.41) is 0.778. The zero-order valence-corrected chi connectivity index (χ0v) is 11.6. The van der Waals surface area contributed by atoms with Crippen molar-refractivity contribution in [1.29, 1.82) is 0 Å². The second kappa shape index (κ2) is 6.60. The van der Waals surface area contributed by atoms with E-state index in [2.05, 4.69) is 13.0 Å². The van der Waals surface area contributed by atoms with Crippen LogP contribution in [0.3, 0.4) is 0 Å². The molecule has 1 saturated heterocycles. The molecule has 0 amide bonds. The van der Waals surface area contributed by atoms with Crippen molar-refractivity contribution >= 4 is 24.0 Å². The number of nitrogens with two attached hydrogens (primary N) is 1. The van der Waals surface area contributed by atoms with Crippen LogP contribution in [0.2, 0.25) is 5.02 Å². The van der Waals surface area contributed by atoms with Crippen LogP contribution in [-0.2, 0) is 4.74 Å². The van der Waals surface area contributed by atoms with Gasteiger partial charge in [-0.15, -0.1) is 12.4 Å². The Morgan fingerprint density at radius 1 is 1.35 bits per heavy atom. The van der Waals surface area contributed by atoms with E-state index in [4.69, 9.17) is 22.1 Å². The molecule has 96 valence electrons. The van der Waals surface area contributed by atoms with E-state index in [9.17, 15) is 0 Å². The van der Waals surface area contributed by atoms with E-state index >= 15 is 0 Å². The molecule has 1 heterocycles. The minimum absolute atomic E-state index is 0. The van der Waals surface area contributed by atoms with Crippen LogP contribution < -0.4 is 5.73 Å². The van der Waals surface area contributed by atoms with E-state index in [1.807, 2.05) is 12.1 Å². The molecular formula is C13H19Cl2NO. The molecule has 2 N–H and O–H groups in total. The molecule has 0 aliphatic carbocycles. The number of hydrogen-bond acceptors (Lipinski definition) is 2. The lowest BCUT2D eigenvalue weighted by molar-refractivity contribution is 0.0583. The van der Waals surface area contributed by atoms with E-state index < -0.39 is 0 Å². The molecule has 1 atom stereocenters. The molecule has 1 aliphatic rings. The van der Waals surface area contributed by atoms with Crippen LogP contribution in [0.1, 0.15) is 30.0 Å². The third-order valence-corrected chi connectivity index (χ3v) is 3.60. The first-order valence-electron chi connectivity index (χ1n) is 5.78. The first-order chi connectivity index (χ1) is 7.68. The summed E-state index contributed by atoms with van der Waals surface area (Å²) in [7, 11) is 0. The van der Waals surface area contributed by atoms with E-state index in [1.165, 1.54) is 11.1 Å². The van der Waals surface area contributed by atoms with Gasteiger partial charge in [0.15, 0.2) is 0 Å². The van der Waals surface area contributed by atoms with Gasteiger partial charge in [0.2, 0.25) is 0 Å². The zero-order valence-electron chi connectivity index (χ0n) is 9.99. The Morgan fingerprint density at radius 3 is 2.59 bits per heavy atom. The van der Waals surface area contributed by atoms with E-state index in [1.54, 1.807) is 0 Å². The van der Waals surface area contributed by atoms with Gasteiger partial charge in [-0.3, -0.25) is 0 Å². The Bertz CT molecular complexity index is 364. The monoisotopic (exact) mass is 275 g/mol. The highest BCUT2D eigenvalue weighted by atomic mass is 35.5. The summed E-state index contributed by atoms with van der Waals surface area (Å²) in [4.78, 5) is 0. The minimum Gasteiger partial charge on any atom is -0.381 e. The van der Waals surface area contributed by atoms with Gasteiger partial charge in [-0.25, -0.2) is 0 Å². The quantitative estimate of drug-likeness (QED) is 0.897. The van der Waals surface area contributed by atoms with Gasteiger partial charge in [0.05, 0.1) is 0 Å². The summed E-state index contributed by atoms with van der Waals surface area (Å²) in [6.45, 7) is 3.75. The van der Waals surface area contributed by atoms with Crippen LogP contribution in [0, 0.1) is 12.8 Å². The van der Waals surface area contributed by atoms with Crippen LogP contribution in [0.4, 0.5) is 0 Å². The second-order valence-electron chi connectivity index (χ2n) is 4.48. The number of ether oxygens (including phenoxy) is 1. The zero-order chi connectivity index (χ0) is 11.5. The molecule has 1 aliphatic heterocycles. The van der Waals surface area contributed by atoms with Crippen molar-refractivity contribution < 1.29 is 4.74 Å². The standard InChI is InChI=1S/C13H18ClNO.ClH/c1-9-8-11(14)2-3-12(9)13(15)10-4-6-16-7-5-10;/h2-3,8,10,13H,4-7,15H2,1H3;1H/t13-;/m0./s1. The lowest BCUT2D eigenvalue weighted by Gasteiger charge is -2.28. The summed E-state index contributed by atoms with van der Waals surface area (Å²) < 4.78 is 5.36. The van der Waals surface area contributed by atoms with Crippen LogP contribution >= 0.6 is 24.0 Å². The van der Waals surface area contributed by atoms with Crippen molar-refractivity contribution in [3.8, 4) is 0 Å². The molecule has 0 spiro atoms. The number of hydrogen-bond donors (Lipinski definition) is 1. The second-order valence-corrected chi connectivity index (χ2v) is 4.91. The fraction of sp³-hybridized carbons (Fsp3) is 0.538. The number of rotatable bonds is 2. The Labute approximate surface area is 114 Å². The van der Waals surface area contributed by atoms with E-state index in [-0.39, 0.29) is 18.4 Å². The predicted octanol–water partition coefficient (Wildman–Crippen LogP) is 3.50. The fourth-order valence-corrected chi connectivity index (χ4v) is 2.57. The Kier molecular flexibility index (Phi) is 5.74. The van der Waals surface area contributed by atoms with E-state index in [0.717, 1.165) is 31.1 Å². The molecule has 2 nitrogen and oxygen atoms in total. The number of halogens is 2. The third kappa shape index (κ3) is 3.59. The molecule has 0 unspecified atom stereocenters. The van der Waals surface area contributed by atoms with Crippen molar-refractivity contribution in [3.63, 3.8) is 0 Å². The molecular weight excluding hydrogens is 257 g/mol. The van der Waals surface area contributed by atoms with Gasteiger partial charge in [0.1, 0.15) is 0 Å². The Balaban J connectivity index is 0.00000144. The highest BCUT2D eigenvalue weighted by Gasteiger charge is 2.23. The molecule has 0 bridgehead atoms. The van der Waals surface area contributed by atoms with Crippen molar-refractivity contribution in [3.05, 3.63) is 34.3 Å². The maximum atomic E-state index is 6.32. The predicted molar refractivity (Wildman–Crippen MR) is 73.9 cm³/mol. The lowest BCUT2D eigenvalue weighted by atomic mass is 9.86. The summed E-state index contributed by atoms with van der Waals surface area (Å²) in [6, 6.07) is 6.07. The van der Waals surface area contributed by atoms with Gasteiger partial charge in [-0.05, 0) is 48.9 Å². The van der Waals surface area contributed by atoms with Crippen molar-refractivity contribution in [2.75, 3.05) is 13.2 Å². The number of benzene rings is 1. The van der Waals surface area contributed by atoms with Crippen LogP contribution in [0.5, 0.6) is 0 Å². The fourth-order valence-electron chi connectivity index (χ4n) is 2.34. The maximum Gasteiger partial charge on any atom is 0.0469 e. The van der Waals surface area contributed by atoms with Gasteiger partial charge in [-0.2, -0.15) is 0 Å². The largest absolute Gasteiger partial charge is 0.381 e. The van der Waals surface area contributed by atoms with Crippen molar-refractivity contribution in [2.45, 2.75) is 25.8 Å². The van der Waals surface area contributed by atoms with Crippen molar-refractivity contribution in [1.82, 2.24) is 0 Å². The lowest BCUT2D eigenvalue weighted by Crippen LogP contribution is -2.27.